The van der Waals surface area contributed by atoms with E-state index in [0.29, 0.717) is 16.3 Å². The van der Waals surface area contributed by atoms with Gasteiger partial charge < -0.3 is 15.2 Å². The zero-order valence-corrected chi connectivity index (χ0v) is 17.6. The normalized spacial score (nSPS) is 16.0. The van der Waals surface area contributed by atoms with Crippen LogP contribution in [0.15, 0.2) is 16.6 Å². The molecule has 2 N–H and O–H groups in total. The summed E-state index contributed by atoms with van der Waals surface area (Å²) in [6, 6.07) is 4.41. The minimum Gasteiger partial charge on any atom is -0.503 e. The van der Waals surface area contributed by atoms with Crippen molar-refractivity contribution in [1.29, 1.82) is 0 Å². The number of halogens is 3. The number of piperazine rings is 1. The summed E-state index contributed by atoms with van der Waals surface area (Å²) in [5, 5.41) is 13.4. The van der Waals surface area contributed by atoms with E-state index in [-0.39, 0.29) is 30.6 Å². The Labute approximate surface area is 166 Å². The molecule has 0 amide bonds. The summed E-state index contributed by atoms with van der Waals surface area (Å²) in [4.78, 5) is 2.55. The number of nitrogens with zero attached hydrogens (tertiary/aromatic N) is 1. The van der Waals surface area contributed by atoms with Gasteiger partial charge in [-0.05, 0) is 40.0 Å². The number of phenolic OH excluding ortho intramolecular Hbond substituents is 1. The minimum absolute atomic E-state index is 0. The number of aromatic hydroxyl groups is 1. The molecular weight excluding hydrogens is 415 g/mol. The van der Waals surface area contributed by atoms with Crippen molar-refractivity contribution >= 4 is 40.7 Å². The average molecular weight is 444 g/mol. The van der Waals surface area contributed by atoms with Gasteiger partial charge in [0.2, 0.25) is 0 Å². The van der Waals surface area contributed by atoms with E-state index in [2.05, 4.69) is 33.1 Å². The van der Waals surface area contributed by atoms with Gasteiger partial charge in [-0.15, -0.1) is 24.8 Å². The molecule has 0 unspecified atom stereocenters. The maximum absolute atomic E-state index is 10.0. The smallest absolute Gasteiger partial charge is 0.172 e. The highest BCUT2D eigenvalue weighted by Gasteiger charge is 2.23. The second-order valence-electron chi connectivity index (χ2n) is 5.85. The van der Waals surface area contributed by atoms with Gasteiger partial charge in [0.25, 0.3) is 0 Å². The highest BCUT2D eigenvalue weighted by atomic mass is 79.9. The van der Waals surface area contributed by atoms with Crippen LogP contribution in [0.2, 0.25) is 0 Å². The molecule has 0 spiro atoms. The van der Waals surface area contributed by atoms with Crippen LogP contribution in [-0.2, 0) is 0 Å². The summed E-state index contributed by atoms with van der Waals surface area (Å²) < 4.78 is 6.02. The Morgan fingerprint density at radius 1 is 1.25 bits per heavy atom. The Morgan fingerprint density at radius 2 is 1.92 bits per heavy atom. The Bertz CT molecular complexity index is 486. The highest BCUT2D eigenvalue weighted by Crippen LogP contribution is 2.39. The van der Waals surface area contributed by atoms with Gasteiger partial charge in [-0.25, -0.2) is 0 Å². The van der Waals surface area contributed by atoms with Crippen molar-refractivity contribution in [3.63, 3.8) is 0 Å². The third kappa shape index (κ3) is 6.26. The summed E-state index contributed by atoms with van der Waals surface area (Å²) >= 11 is 3.45. The molecule has 4 nitrogen and oxygen atoms in total. The van der Waals surface area contributed by atoms with Crippen molar-refractivity contribution in [3.05, 3.63) is 22.2 Å². The fraction of sp³-hybridized carbons (Fsp3) is 0.647. The molecule has 7 heteroatoms. The Balaban J connectivity index is 0.00000264. The number of hydrogen-bond acceptors (Lipinski definition) is 4. The molecule has 24 heavy (non-hydrogen) atoms. The van der Waals surface area contributed by atoms with Gasteiger partial charge in [0.15, 0.2) is 11.5 Å². The topological polar surface area (TPSA) is 44.7 Å². The monoisotopic (exact) mass is 442 g/mol. The van der Waals surface area contributed by atoms with Gasteiger partial charge >= 0.3 is 0 Å². The summed E-state index contributed by atoms with van der Waals surface area (Å²) in [6.45, 7) is 6.45. The van der Waals surface area contributed by atoms with Crippen LogP contribution in [0.4, 0.5) is 0 Å². The van der Waals surface area contributed by atoms with E-state index in [4.69, 9.17) is 4.74 Å². The predicted octanol–water partition coefficient (Wildman–Crippen LogP) is 4.53. The van der Waals surface area contributed by atoms with Gasteiger partial charge in [-0.3, -0.25) is 4.90 Å². The quantitative estimate of drug-likeness (QED) is 0.607. The predicted molar refractivity (Wildman–Crippen MR) is 108 cm³/mol. The third-order valence-corrected chi connectivity index (χ3v) is 4.93. The van der Waals surface area contributed by atoms with E-state index in [1.807, 2.05) is 12.1 Å². The van der Waals surface area contributed by atoms with Crippen molar-refractivity contribution in [2.24, 2.45) is 0 Å². The molecule has 1 aliphatic rings. The van der Waals surface area contributed by atoms with Gasteiger partial charge in [0.05, 0.1) is 11.6 Å². The van der Waals surface area contributed by atoms with Crippen LogP contribution in [0.1, 0.15) is 44.2 Å². The lowest BCUT2D eigenvalue weighted by atomic mass is 9.97. The molecule has 0 aliphatic carbocycles. The van der Waals surface area contributed by atoms with Crippen LogP contribution in [0.3, 0.4) is 0 Å². The van der Waals surface area contributed by atoms with Crippen LogP contribution >= 0.6 is 40.7 Å². The Kier molecular flexibility index (Phi) is 12.1. The largest absolute Gasteiger partial charge is 0.503 e. The van der Waals surface area contributed by atoms with Crippen LogP contribution in [-0.4, -0.2) is 43.3 Å². The number of methoxy groups -OCH3 is 1. The molecule has 1 aromatic carbocycles. The van der Waals surface area contributed by atoms with Gasteiger partial charge in [0.1, 0.15) is 0 Å². The van der Waals surface area contributed by atoms with E-state index in [9.17, 15) is 5.11 Å². The average Bonchev–Trinajstić information content (AvgIpc) is 2.55. The van der Waals surface area contributed by atoms with Gasteiger partial charge in [-0.2, -0.15) is 0 Å². The lowest BCUT2D eigenvalue weighted by molar-refractivity contribution is 0.162. The second-order valence-corrected chi connectivity index (χ2v) is 6.71. The van der Waals surface area contributed by atoms with Gasteiger partial charge in [0, 0.05) is 32.2 Å². The first-order valence-electron chi connectivity index (χ1n) is 8.18. The summed E-state index contributed by atoms with van der Waals surface area (Å²) in [6.07, 6.45) is 4.87. The molecule has 1 heterocycles. The van der Waals surface area contributed by atoms with Crippen molar-refractivity contribution in [2.75, 3.05) is 33.3 Å². The number of phenols is 1. The minimum atomic E-state index is 0. The standard InChI is InChI=1S/C17H27BrN2O2.2ClH/c1-3-4-5-6-15(20-9-7-19-8-10-20)13-11-14(18)17(21)16(12-13)22-2;;/h11-12,15,19,21H,3-10H2,1-2H3;2*1H/t15-;;/m1../s1. The number of rotatable bonds is 7. The lowest BCUT2D eigenvalue weighted by Gasteiger charge is -2.35. The summed E-state index contributed by atoms with van der Waals surface area (Å²) in [5.74, 6) is 0.721. The third-order valence-electron chi connectivity index (χ3n) is 4.33. The van der Waals surface area contributed by atoms with Crippen LogP contribution in [0.25, 0.3) is 0 Å². The van der Waals surface area contributed by atoms with Crippen molar-refractivity contribution in [1.82, 2.24) is 10.2 Å². The van der Waals surface area contributed by atoms with Crippen molar-refractivity contribution < 1.29 is 9.84 Å². The van der Waals surface area contributed by atoms with Crippen LogP contribution in [0.5, 0.6) is 11.5 Å². The first-order valence-corrected chi connectivity index (χ1v) is 8.97. The fourth-order valence-corrected chi connectivity index (χ4v) is 3.54. The number of hydrogen-bond donors (Lipinski definition) is 2. The summed E-state index contributed by atoms with van der Waals surface area (Å²) in [7, 11) is 1.60. The Hall–Kier alpha value is -0.200. The molecule has 1 atom stereocenters. The zero-order chi connectivity index (χ0) is 15.9. The van der Waals surface area contributed by atoms with Crippen LogP contribution < -0.4 is 10.1 Å². The maximum atomic E-state index is 10.0. The second kappa shape index (κ2) is 12.2. The van der Waals surface area contributed by atoms with E-state index in [1.54, 1.807) is 7.11 Å². The molecular formula is C17H29BrCl2N2O2. The number of nitrogens with one attached hydrogen (secondary N) is 1. The van der Waals surface area contributed by atoms with Crippen LogP contribution in [0, 0.1) is 0 Å². The molecule has 140 valence electrons. The first-order chi connectivity index (χ1) is 10.7. The lowest BCUT2D eigenvalue weighted by Crippen LogP contribution is -2.45. The molecule has 1 aromatic rings. The van der Waals surface area contributed by atoms with E-state index in [0.717, 1.165) is 32.6 Å². The number of unbranched alkanes of at least 4 members (excludes halogenated alkanes) is 2. The molecule has 0 saturated carbocycles. The first kappa shape index (κ1) is 23.8. The Morgan fingerprint density at radius 3 is 2.50 bits per heavy atom. The maximum Gasteiger partial charge on any atom is 0.172 e. The molecule has 0 aromatic heterocycles. The molecule has 0 radical (unpaired) electrons. The van der Waals surface area contributed by atoms with E-state index < -0.39 is 0 Å². The molecule has 1 saturated heterocycles. The molecule has 1 fully saturated rings. The SMILES string of the molecule is CCCCC[C@H](c1cc(Br)c(O)c(OC)c1)N1CCNCC1.Cl.Cl. The van der Waals surface area contributed by atoms with Crippen molar-refractivity contribution in [3.8, 4) is 11.5 Å². The summed E-state index contributed by atoms with van der Waals surface area (Å²) in [5.41, 5.74) is 1.22. The highest BCUT2D eigenvalue weighted by molar-refractivity contribution is 9.10. The zero-order valence-electron chi connectivity index (χ0n) is 14.4. The number of benzene rings is 1. The molecule has 0 bridgehead atoms. The fourth-order valence-electron chi connectivity index (χ4n) is 3.08. The number of ether oxygens (including phenoxy) is 1. The van der Waals surface area contributed by atoms with Gasteiger partial charge in [-0.1, -0.05) is 26.2 Å². The molecule has 2 rings (SSSR count). The molecule has 1 aliphatic heterocycles. The van der Waals surface area contributed by atoms with E-state index in [1.165, 1.54) is 24.8 Å². The van der Waals surface area contributed by atoms with Crippen molar-refractivity contribution in [2.45, 2.75) is 38.6 Å². The van der Waals surface area contributed by atoms with E-state index >= 15 is 0 Å².